The predicted octanol–water partition coefficient (Wildman–Crippen LogP) is 4.31. The minimum absolute atomic E-state index is 0.0202. The highest BCUT2D eigenvalue weighted by Gasteiger charge is 2.32. The van der Waals surface area contributed by atoms with E-state index in [2.05, 4.69) is 10.3 Å². The lowest BCUT2D eigenvalue weighted by atomic mass is 10.0. The number of nitrogens with zero attached hydrogens (tertiary/aromatic N) is 2. The summed E-state index contributed by atoms with van der Waals surface area (Å²) in [5.74, 6) is 0.617. The van der Waals surface area contributed by atoms with Gasteiger partial charge in [-0.2, -0.15) is 0 Å². The van der Waals surface area contributed by atoms with Crippen molar-refractivity contribution in [3.05, 3.63) is 102 Å². The summed E-state index contributed by atoms with van der Waals surface area (Å²) in [4.78, 5) is 30.4. The lowest BCUT2D eigenvalue weighted by molar-refractivity contribution is 0.0878. The molecule has 2 aromatic carbocycles. The number of ketones is 1. The topological polar surface area (TPSA) is 64.0 Å². The molecule has 2 unspecified atom stereocenters. The van der Waals surface area contributed by atoms with Crippen LogP contribution < -0.4 is 5.32 Å². The van der Waals surface area contributed by atoms with Gasteiger partial charge in [0, 0.05) is 40.9 Å². The molecule has 2 atom stereocenters. The van der Waals surface area contributed by atoms with Crippen LogP contribution in [0.1, 0.15) is 31.7 Å². The largest absolute Gasteiger partial charge is 0.290 e. The van der Waals surface area contributed by atoms with E-state index in [0.717, 1.165) is 16.5 Å². The molecule has 0 spiro atoms. The Bertz CT molecular complexity index is 1220. The zero-order valence-corrected chi connectivity index (χ0v) is 16.9. The molecule has 1 aliphatic rings. The lowest BCUT2D eigenvalue weighted by Crippen LogP contribution is -2.37. The van der Waals surface area contributed by atoms with Crippen molar-refractivity contribution in [3.8, 4) is 0 Å². The summed E-state index contributed by atoms with van der Waals surface area (Å²) in [7, 11) is 0. The van der Waals surface area contributed by atoms with Gasteiger partial charge in [-0.1, -0.05) is 48.5 Å². The number of hydrogen-bond acceptors (Lipinski definition) is 5. The number of hydrogen-bond donors (Lipinski definition) is 1. The van der Waals surface area contributed by atoms with Gasteiger partial charge in [0.05, 0.1) is 16.9 Å². The van der Waals surface area contributed by atoms with Crippen molar-refractivity contribution in [3.63, 3.8) is 0 Å². The fourth-order valence-corrected chi connectivity index (χ4v) is 5.02. The fraction of sp³-hybridized carbons (Fsp3) is 0.125. The van der Waals surface area contributed by atoms with Crippen LogP contribution in [-0.2, 0) is 0 Å². The molecule has 30 heavy (non-hydrogen) atoms. The minimum atomic E-state index is -0.302. The third-order valence-corrected chi connectivity index (χ3v) is 6.59. The van der Waals surface area contributed by atoms with E-state index in [1.807, 2.05) is 72.9 Å². The molecule has 5 rings (SSSR count). The Morgan fingerprint density at radius 2 is 1.87 bits per heavy atom. The zero-order chi connectivity index (χ0) is 20.5. The number of thioether (sulfide) groups is 1. The van der Waals surface area contributed by atoms with Gasteiger partial charge >= 0.3 is 0 Å². The van der Waals surface area contributed by atoms with E-state index >= 15 is 0 Å². The van der Waals surface area contributed by atoms with E-state index in [-0.39, 0.29) is 23.1 Å². The zero-order valence-electron chi connectivity index (χ0n) is 16.1. The van der Waals surface area contributed by atoms with Crippen LogP contribution in [0.4, 0.5) is 0 Å². The summed E-state index contributed by atoms with van der Waals surface area (Å²) in [6, 6.07) is 20.2. The molecule has 5 nitrogen and oxygen atoms in total. The Morgan fingerprint density at radius 1 is 1.00 bits per heavy atom. The summed E-state index contributed by atoms with van der Waals surface area (Å²) in [6.45, 7) is 0. The second-order valence-electron chi connectivity index (χ2n) is 7.18. The molecule has 0 bridgehead atoms. The quantitative estimate of drug-likeness (QED) is 0.505. The van der Waals surface area contributed by atoms with Crippen molar-refractivity contribution in [2.45, 2.75) is 11.4 Å². The first-order valence-corrected chi connectivity index (χ1v) is 10.8. The Balaban J connectivity index is 1.43. The second kappa shape index (κ2) is 7.89. The van der Waals surface area contributed by atoms with E-state index in [1.165, 1.54) is 0 Å². The van der Waals surface area contributed by atoms with Gasteiger partial charge in [-0.3, -0.25) is 24.5 Å². The van der Waals surface area contributed by atoms with E-state index in [9.17, 15) is 9.59 Å². The number of nitrogens with one attached hydrogen (secondary N) is 1. The van der Waals surface area contributed by atoms with Crippen LogP contribution in [0, 0.1) is 0 Å². The van der Waals surface area contributed by atoms with Crippen molar-refractivity contribution in [2.24, 2.45) is 0 Å². The maximum Gasteiger partial charge on any atom is 0.249 e. The van der Waals surface area contributed by atoms with Crippen LogP contribution in [0.15, 0.2) is 85.3 Å². The van der Waals surface area contributed by atoms with Gasteiger partial charge in [-0.05, 0) is 23.8 Å². The van der Waals surface area contributed by atoms with Gasteiger partial charge in [-0.25, -0.2) is 0 Å². The number of carbonyl (C=O) groups excluding carboxylic acids is 2. The standard InChI is InChI=1S/C24H19N3O2S/c28-22(16-6-2-1-3-7-16)19-9-4-10-21-18(19)11-13-27(21)24(29)20-15-30-23(26-20)17-8-5-12-25-14-17/h1-14,20,23,26H,15H2. The van der Waals surface area contributed by atoms with E-state index in [1.54, 1.807) is 28.7 Å². The summed E-state index contributed by atoms with van der Waals surface area (Å²) in [5, 5.41) is 4.24. The molecule has 1 N–H and O–H groups in total. The molecule has 6 heteroatoms. The minimum Gasteiger partial charge on any atom is -0.290 e. The van der Waals surface area contributed by atoms with Gasteiger partial charge in [0.2, 0.25) is 5.91 Å². The molecule has 0 radical (unpaired) electrons. The molecule has 1 fully saturated rings. The number of aromatic nitrogens is 2. The van der Waals surface area contributed by atoms with Gasteiger partial charge in [0.25, 0.3) is 0 Å². The summed E-state index contributed by atoms with van der Waals surface area (Å²) in [5.41, 5.74) is 3.05. The maximum atomic E-state index is 13.2. The molecule has 1 saturated heterocycles. The number of carbonyl (C=O) groups is 2. The van der Waals surface area contributed by atoms with Crippen LogP contribution in [0.2, 0.25) is 0 Å². The summed E-state index contributed by atoms with van der Waals surface area (Å²) >= 11 is 1.70. The third kappa shape index (κ3) is 3.34. The first-order valence-electron chi connectivity index (χ1n) is 9.74. The van der Waals surface area contributed by atoms with Gasteiger partial charge < -0.3 is 0 Å². The molecular formula is C24H19N3O2S. The van der Waals surface area contributed by atoms with E-state index in [0.29, 0.717) is 16.9 Å². The highest BCUT2D eigenvalue weighted by Crippen LogP contribution is 2.33. The van der Waals surface area contributed by atoms with Gasteiger partial charge in [-0.15, -0.1) is 11.8 Å². The molecular weight excluding hydrogens is 394 g/mol. The average molecular weight is 414 g/mol. The van der Waals surface area contributed by atoms with E-state index < -0.39 is 0 Å². The number of benzene rings is 2. The third-order valence-electron chi connectivity index (χ3n) is 5.32. The van der Waals surface area contributed by atoms with Gasteiger partial charge in [0.1, 0.15) is 0 Å². The predicted molar refractivity (Wildman–Crippen MR) is 119 cm³/mol. The van der Waals surface area contributed by atoms with Gasteiger partial charge in [0.15, 0.2) is 5.78 Å². The highest BCUT2D eigenvalue weighted by molar-refractivity contribution is 7.99. The normalized spacial score (nSPS) is 18.5. The van der Waals surface area contributed by atoms with Crippen LogP contribution in [0.3, 0.4) is 0 Å². The van der Waals surface area contributed by atoms with Crippen molar-refractivity contribution < 1.29 is 9.59 Å². The molecule has 0 amide bonds. The molecule has 0 saturated carbocycles. The Labute approximate surface area is 178 Å². The van der Waals surface area contributed by atoms with Crippen molar-refractivity contribution >= 4 is 34.4 Å². The fourth-order valence-electron chi connectivity index (χ4n) is 3.81. The molecule has 1 aliphatic heterocycles. The van der Waals surface area contributed by atoms with E-state index in [4.69, 9.17) is 0 Å². The first-order chi connectivity index (χ1) is 14.7. The first kappa shape index (κ1) is 18.8. The maximum absolute atomic E-state index is 13.2. The highest BCUT2D eigenvalue weighted by atomic mass is 32.2. The number of fused-ring (bicyclic) bond motifs is 1. The second-order valence-corrected chi connectivity index (χ2v) is 8.31. The van der Waals surface area contributed by atoms with Crippen LogP contribution in [0.25, 0.3) is 10.9 Å². The van der Waals surface area contributed by atoms with Crippen LogP contribution in [0.5, 0.6) is 0 Å². The Hall–Kier alpha value is -3.22. The lowest BCUT2D eigenvalue weighted by Gasteiger charge is -2.14. The smallest absolute Gasteiger partial charge is 0.249 e. The SMILES string of the molecule is O=C(c1ccccc1)c1cccc2c1ccn2C(=O)C1CSC(c2cccnc2)N1. The number of pyridine rings is 1. The molecule has 2 aromatic heterocycles. The summed E-state index contributed by atoms with van der Waals surface area (Å²) < 4.78 is 1.65. The Kier molecular flexibility index (Phi) is 4.94. The number of rotatable bonds is 4. The monoisotopic (exact) mass is 413 g/mol. The van der Waals surface area contributed by atoms with Crippen LogP contribution >= 0.6 is 11.8 Å². The molecule has 3 heterocycles. The average Bonchev–Trinajstić information content (AvgIpc) is 3.47. The van der Waals surface area contributed by atoms with Crippen molar-refractivity contribution in [1.82, 2.24) is 14.9 Å². The molecule has 148 valence electrons. The Morgan fingerprint density at radius 3 is 2.67 bits per heavy atom. The summed E-state index contributed by atoms with van der Waals surface area (Å²) in [6.07, 6.45) is 5.33. The van der Waals surface area contributed by atoms with Crippen LogP contribution in [-0.4, -0.2) is 33.0 Å². The van der Waals surface area contributed by atoms with Crippen molar-refractivity contribution in [1.29, 1.82) is 0 Å². The molecule has 0 aliphatic carbocycles. The van der Waals surface area contributed by atoms with Crippen molar-refractivity contribution in [2.75, 3.05) is 5.75 Å². The molecule has 4 aromatic rings.